The summed E-state index contributed by atoms with van der Waals surface area (Å²) in [5.41, 5.74) is 1.27. The predicted molar refractivity (Wildman–Crippen MR) is 76.7 cm³/mol. The number of unbranched alkanes of at least 4 members (excludes halogenated alkanes) is 2. The summed E-state index contributed by atoms with van der Waals surface area (Å²) in [4.78, 5) is 10.3. The van der Waals surface area contributed by atoms with Gasteiger partial charge >= 0.3 is 5.97 Å². The van der Waals surface area contributed by atoms with Crippen molar-refractivity contribution in [1.82, 2.24) is 5.32 Å². The molecule has 18 heavy (non-hydrogen) atoms. The highest BCUT2D eigenvalue weighted by molar-refractivity contribution is 9.10. The van der Waals surface area contributed by atoms with Gasteiger partial charge in [-0.1, -0.05) is 34.5 Å². The van der Waals surface area contributed by atoms with Gasteiger partial charge in [0.05, 0.1) is 0 Å². The van der Waals surface area contributed by atoms with Crippen LogP contribution in [0.5, 0.6) is 0 Å². The first kappa shape index (κ1) is 15.2. The number of hydrogen-bond acceptors (Lipinski definition) is 2. The molecule has 0 heterocycles. The standard InChI is InChI=1S/C14H20BrNO2/c1-11(12-6-8-13(15)9-7-12)16-10-4-2-3-5-14(17)18/h6-9,11,16H,2-5,10H2,1H3,(H,17,18)/t11-/m0/s1. The van der Waals surface area contributed by atoms with Crippen LogP contribution in [0.3, 0.4) is 0 Å². The number of carboxylic acid groups (broad SMARTS) is 1. The molecule has 3 nitrogen and oxygen atoms in total. The molecule has 0 bridgehead atoms. The Morgan fingerprint density at radius 1 is 1.28 bits per heavy atom. The zero-order valence-electron chi connectivity index (χ0n) is 10.7. The number of rotatable bonds is 8. The van der Waals surface area contributed by atoms with Crippen molar-refractivity contribution in [3.05, 3.63) is 34.3 Å². The number of aliphatic carboxylic acids is 1. The molecule has 1 atom stereocenters. The van der Waals surface area contributed by atoms with Crippen LogP contribution in [0.4, 0.5) is 0 Å². The summed E-state index contributed by atoms with van der Waals surface area (Å²) in [6, 6.07) is 8.62. The van der Waals surface area contributed by atoms with Gasteiger partial charge in [-0.15, -0.1) is 0 Å². The minimum Gasteiger partial charge on any atom is -0.481 e. The van der Waals surface area contributed by atoms with Gasteiger partial charge in [-0.2, -0.15) is 0 Å². The lowest BCUT2D eigenvalue weighted by Crippen LogP contribution is -2.19. The van der Waals surface area contributed by atoms with Crippen molar-refractivity contribution < 1.29 is 9.90 Å². The van der Waals surface area contributed by atoms with Gasteiger partial charge in [0.2, 0.25) is 0 Å². The molecule has 1 rings (SSSR count). The van der Waals surface area contributed by atoms with E-state index < -0.39 is 5.97 Å². The highest BCUT2D eigenvalue weighted by atomic mass is 79.9. The maximum atomic E-state index is 10.3. The zero-order valence-corrected chi connectivity index (χ0v) is 12.2. The maximum Gasteiger partial charge on any atom is 0.303 e. The minimum atomic E-state index is -0.703. The van der Waals surface area contributed by atoms with E-state index >= 15 is 0 Å². The third kappa shape index (κ3) is 6.17. The first-order valence-electron chi connectivity index (χ1n) is 6.30. The molecule has 100 valence electrons. The van der Waals surface area contributed by atoms with Crippen molar-refractivity contribution in [3.8, 4) is 0 Å². The Bertz CT molecular complexity index is 365. The molecular formula is C14H20BrNO2. The molecule has 0 unspecified atom stereocenters. The molecular weight excluding hydrogens is 294 g/mol. The number of nitrogens with one attached hydrogen (secondary N) is 1. The Labute approximate surface area is 117 Å². The molecule has 0 aliphatic heterocycles. The van der Waals surface area contributed by atoms with Crippen LogP contribution in [0, 0.1) is 0 Å². The van der Waals surface area contributed by atoms with Crippen molar-refractivity contribution in [2.75, 3.05) is 6.54 Å². The lowest BCUT2D eigenvalue weighted by atomic mass is 10.1. The fourth-order valence-electron chi connectivity index (χ4n) is 1.77. The fourth-order valence-corrected chi connectivity index (χ4v) is 2.03. The van der Waals surface area contributed by atoms with Crippen LogP contribution in [0.2, 0.25) is 0 Å². The third-order valence-corrected chi connectivity index (χ3v) is 3.42. The Balaban J connectivity index is 2.15. The maximum absolute atomic E-state index is 10.3. The Morgan fingerprint density at radius 2 is 1.94 bits per heavy atom. The highest BCUT2D eigenvalue weighted by Gasteiger charge is 2.03. The van der Waals surface area contributed by atoms with Gasteiger partial charge in [-0.25, -0.2) is 0 Å². The van der Waals surface area contributed by atoms with E-state index in [9.17, 15) is 4.79 Å². The van der Waals surface area contributed by atoms with Gasteiger partial charge in [-0.3, -0.25) is 4.79 Å². The molecule has 0 saturated carbocycles. The second-order valence-electron chi connectivity index (χ2n) is 4.43. The van der Waals surface area contributed by atoms with Crippen LogP contribution in [0.25, 0.3) is 0 Å². The lowest BCUT2D eigenvalue weighted by Gasteiger charge is -2.14. The smallest absolute Gasteiger partial charge is 0.303 e. The second kappa shape index (κ2) is 8.27. The van der Waals surface area contributed by atoms with Crippen LogP contribution in [0.1, 0.15) is 44.2 Å². The lowest BCUT2D eigenvalue weighted by molar-refractivity contribution is -0.137. The first-order chi connectivity index (χ1) is 8.59. The zero-order chi connectivity index (χ0) is 13.4. The monoisotopic (exact) mass is 313 g/mol. The normalized spacial score (nSPS) is 12.3. The number of carbonyl (C=O) groups is 1. The molecule has 0 aromatic heterocycles. The average Bonchev–Trinajstić information content (AvgIpc) is 2.34. The largest absolute Gasteiger partial charge is 0.481 e. The molecule has 0 fully saturated rings. The van der Waals surface area contributed by atoms with E-state index in [2.05, 4.69) is 40.3 Å². The molecule has 0 aliphatic rings. The first-order valence-corrected chi connectivity index (χ1v) is 7.09. The van der Waals surface area contributed by atoms with Gasteiger partial charge < -0.3 is 10.4 Å². The van der Waals surface area contributed by atoms with Crippen LogP contribution >= 0.6 is 15.9 Å². The van der Waals surface area contributed by atoms with Crippen LogP contribution in [0.15, 0.2) is 28.7 Å². The van der Waals surface area contributed by atoms with E-state index in [-0.39, 0.29) is 6.42 Å². The van der Waals surface area contributed by atoms with Crippen molar-refractivity contribution in [2.45, 2.75) is 38.6 Å². The van der Waals surface area contributed by atoms with Gasteiger partial charge in [0.1, 0.15) is 0 Å². The quantitative estimate of drug-likeness (QED) is 0.719. The topological polar surface area (TPSA) is 49.3 Å². The molecule has 0 amide bonds. The van der Waals surface area contributed by atoms with E-state index in [1.807, 2.05) is 12.1 Å². The summed E-state index contributed by atoms with van der Waals surface area (Å²) in [6.07, 6.45) is 3.03. The summed E-state index contributed by atoms with van der Waals surface area (Å²) >= 11 is 3.42. The Morgan fingerprint density at radius 3 is 2.56 bits per heavy atom. The van der Waals surface area contributed by atoms with Gasteiger partial charge in [0.15, 0.2) is 0 Å². The number of halogens is 1. The van der Waals surface area contributed by atoms with E-state index in [0.29, 0.717) is 6.04 Å². The van der Waals surface area contributed by atoms with Crippen molar-refractivity contribution in [1.29, 1.82) is 0 Å². The van der Waals surface area contributed by atoms with E-state index in [1.54, 1.807) is 0 Å². The molecule has 2 N–H and O–H groups in total. The highest BCUT2D eigenvalue weighted by Crippen LogP contribution is 2.16. The molecule has 0 radical (unpaired) electrons. The second-order valence-corrected chi connectivity index (χ2v) is 5.35. The van der Waals surface area contributed by atoms with Crippen LogP contribution < -0.4 is 5.32 Å². The summed E-state index contributed by atoms with van der Waals surface area (Å²) in [5.74, 6) is -0.703. The predicted octanol–water partition coefficient (Wildman–Crippen LogP) is 3.74. The summed E-state index contributed by atoms with van der Waals surface area (Å²) in [6.45, 7) is 3.07. The molecule has 1 aromatic carbocycles. The summed E-state index contributed by atoms with van der Waals surface area (Å²) < 4.78 is 1.09. The van der Waals surface area contributed by atoms with Crippen LogP contribution in [-0.4, -0.2) is 17.6 Å². The number of hydrogen-bond donors (Lipinski definition) is 2. The van der Waals surface area contributed by atoms with Crippen molar-refractivity contribution in [2.24, 2.45) is 0 Å². The van der Waals surface area contributed by atoms with E-state index in [1.165, 1.54) is 5.56 Å². The van der Waals surface area contributed by atoms with Crippen molar-refractivity contribution in [3.63, 3.8) is 0 Å². The SMILES string of the molecule is C[C@H](NCCCCCC(=O)O)c1ccc(Br)cc1. The Kier molecular flexibility index (Phi) is 6.98. The molecule has 0 saturated heterocycles. The Hall–Kier alpha value is -0.870. The van der Waals surface area contributed by atoms with Gasteiger partial charge in [0, 0.05) is 16.9 Å². The minimum absolute atomic E-state index is 0.280. The number of benzene rings is 1. The van der Waals surface area contributed by atoms with Gasteiger partial charge in [0.25, 0.3) is 0 Å². The molecule has 4 heteroatoms. The molecule has 0 aliphatic carbocycles. The third-order valence-electron chi connectivity index (χ3n) is 2.89. The summed E-state index contributed by atoms with van der Waals surface area (Å²) in [5, 5.41) is 12.0. The fraction of sp³-hybridized carbons (Fsp3) is 0.500. The van der Waals surface area contributed by atoms with Crippen LogP contribution in [-0.2, 0) is 4.79 Å². The average molecular weight is 314 g/mol. The molecule has 1 aromatic rings. The van der Waals surface area contributed by atoms with Crippen molar-refractivity contribution >= 4 is 21.9 Å². The summed E-state index contributed by atoms with van der Waals surface area (Å²) in [7, 11) is 0. The van der Waals surface area contributed by atoms with Gasteiger partial charge in [-0.05, 0) is 44.0 Å². The molecule has 0 spiro atoms. The van der Waals surface area contributed by atoms with E-state index in [4.69, 9.17) is 5.11 Å². The van der Waals surface area contributed by atoms with E-state index in [0.717, 1.165) is 30.3 Å². The number of carboxylic acids is 1.